The molecule has 0 radical (unpaired) electrons. The van der Waals surface area contributed by atoms with Crippen LogP contribution in [0.3, 0.4) is 0 Å². The number of nitrogens with zero attached hydrogens (tertiary/aromatic N) is 1. The molecule has 2 aromatic carbocycles. The Morgan fingerprint density at radius 3 is 2.75 bits per heavy atom. The van der Waals surface area contributed by atoms with E-state index in [0.29, 0.717) is 22.4 Å². The summed E-state index contributed by atoms with van der Waals surface area (Å²) in [5.74, 6) is -0.0223. The molecule has 7 heteroatoms. The zero-order valence-corrected chi connectivity index (χ0v) is 13.0. The van der Waals surface area contributed by atoms with Crippen LogP contribution in [0.2, 0.25) is 0 Å². The number of nitro groups is 1. The van der Waals surface area contributed by atoms with Crippen molar-refractivity contribution in [1.29, 1.82) is 0 Å². The van der Waals surface area contributed by atoms with Crippen molar-refractivity contribution >= 4 is 11.7 Å². The third kappa shape index (κ3) is 3.36. The molecule has 0 unspecified atom stereocenters. The van der Waals surface area contributed by atoms with Crippen molar-refractivity contribution in [3.05, 3.63) is 68.8 Å². The van der Waals surface area contributed by atoms with Crippen molar-refractivity contribution in [2.75, 3.05) is 6.79 Å². The number of ether oxygens (including phenoxy) is 3. The zero-order valence-electron chi connectivity index (χ0n) is 13.0. The summed E-state index contributed by atoms with van der Waals surface area (Å²) in [5, 5.41) is 11.0. The van der Waals surface area contributed by atoms with E-state index >= 15 is 0 Å². The van der Waals surface area contributed by atoms with E-state index in [1.54, 1.807) is 12.1 Å². The lowest BCUT2D eigenvalue weighted by Gasteiger charge is -2.20. The molecule has 3 rings (SSSR count). The number of carbonyl (C=O) groups excluding carboxylic acids is 1. The van der Waals surface area contributed by atoms with Crippen molar-refractivity contribution in [3.63, 3.8) is 0 Å². The Kier molecular flexibility index (Phi) is 4.43. The molecule has 0 aromatic heterocycles. The molecule has 0 N–H and O–H groups in total. The fraction of sp³-hybridized carbons (Fsp3) is 0.235. The van der Waals surface area contributed by atoms with Crippen LogP contribution in [0.25, 0.3) is 0 Å². The normalized spacial score (nSPS) is 12.9. The second-order valence-corrected chi connectivity index (χ2v) is 5.40. The fourth-order valence-electron chi connectivity index (χ4n) is 2.41. The molecule has 0 spiro atoms. The van der Waals surface area contributed by atoms with Crippen LogP contribution >= 0.6 is 0 Å². The summed E-state index contributed by atoms with van der Waals surface area (Å²) in [7, 11) is 0. The molecule has 1 aliphatic rings. The molecule has 0 saturated heterocycles. The fourth-order valence-corrected chi connectivity index (χ4v) is 2.41. The largest absolute Gasteiger partial charge is 0.467 e. The Morgan fingerprint density at radius 1 is 1.29 bits per heavy atom. The number of hydrogen-bond acceptors (Lipinski definition) is 6. The minimum Gasteiger partial charge on any atom is -0.467 e. The third-order valence-electron chi connectivity index (χ3n) is 3.63. The van der Waals surface area contributed by atoms with Crippen molar-refractivity contribution < 1.29 is 23.9 Å². The summed E-state index contributed by atoms with van der Waals surface area (Å²) in [6, 6.07) is 9.72. The molecule has 0 bridgehead atoms. The molecule has 1 aliphatic heterocycles. The van der Waals surface area contributed by atoms with E-state index < -0.39 is 10.9 Å². The molecule has 0 atom stereocenters. The Hall–Kier alpha value is -2.93. The van der Waals surface area contributed by atoms with E-state index in [-0.39, 0.29) is 25.7 Å². The Labute approximate surface area is 137 Å². The smallest absolute Gasteiger partial charge is 0.338 e. The van der Waals surface area contributed by atoms with Crippen LogP contribution in [0.1, 0.15) is 27.0 Å². The topological polar surface area (TPSA) is 87.9 Å². The molecule has 1 heterocycles. The van der Waals surface area contributed by atoms with Gasteiger partial charge >= 0.3 is 5.97 Å². The summed E-state index contributed by atoms with van der Waals surface area (Å²) in [4.78, 5) is 22.6. The standard InChI is InChI=1S/C17H15NO6/c1-11-2-4-12(5-3-11)17(19)23-9-14-7-15(18(20)21)6-13-8-22-10-24-16(13)14/h2-7H,8-10H2,1H3. The first kappa shape index (κ1) is 15.9. The number of hydrogen-bond donors (Lipinski definition) is 0. The number of esters is 1. The van der Waals surface area contributed by atoms with Gasteiger partial charge in [0.05, 0.1) is 17.1 Å². The van der Waals surface area contributed by atoms with Gasteiger partial charge in [-0.25, -0.2) is 4.79 Å². The van der Waals surface area contributed by atoms with Crippen LogP contribution in [0, 0.1) is 17.0 Å². The van der Waals surface area contributed by atoms with E-state index in [0.717, 1.165) is 5.56 Å². The molecular weight excluding hydrogens is 314 g/mol. The zero-order chi connectivity index (χ0) is 17.1. The van der Waals surface area contributed by atoms with Gasteiger partial charge in [0.1, 0.15) is 12.4 Å². The molecule has 0 aliphatic carbocycles. The Balaban J connectivity index is 1.81. The number of non-ortho nitro benzene ring substituents is 1. The minimum absolute atomic E-state index is 0.0592. The number of benzene rings is 2. The van der Waals surface area contributed by atoms with E-state index in [9.17, 15) is 14.9 Å². The lowest BCUT2D eigenvalue weighted by molar-refractivity contribution is -0.385. The highest BCUT2D eigenvalue weighted by molar-refractivity contribution is 5.89. The summed E-state index contributed by atoms with van der Waals surface area (Å²) in [6.45, 7) is 2.08. The SMILES string of the molecule is Cc1ccc(C(=O)OCc2cc([N+](=O)[O-])cc3c2OCOC3)cc1. The van der Waals surface area contributed by atoms with Crippen molar-refractivity contribution in [3.8, 4) is 5.75 Å². The highest BCUT2D eigenvalue weighted by Gasteiger charge is 2.22. The third-order valence-corrected chi connectivity index (χ3v) is 3.63. The predicted octanol–water partition coefficient (Wildman–Crippen LogP) is 3.13. The number of carbonyl (C=O) groups is 1. The maximum atomic E-state index is 12.1. The molecule has 24 heavy (non-hydrogen) atoms. The monoisotopic (exact) mass is 329 g/mol. The van der Waals surface area contributed by atoms with Gasteiger partial charge in [-0.05, 0) is 19.1 Å². The molecule has 124 valence electrons. The van der Waals surface area contributed by atoms with Crippen molar-refractivity contribution in [2.45, 2.75) is 20.1 Å². The van der Waals surface area contributed by atoms with E-state index in [4.69, 9.17) is 14.2 Å². The van der Waals surface area contributed by atoms with E-state index in [2.05, 4.69) is 0 Å². The second-order valence-electron chi connectivity index (χ2n) is 5.40. The summed E-state index contributed by atoms with van der Waals surface area (Å²) < 4.78 is 15.8. The average molecular weight is 329 g/mol. The van der Waals surface area contributed by atoms with E-state index in [1.165, 1.54) is 12.1 Å². The van der Waals surface area contributed by atoms with Gasteiger partial charge in [-0.15, -0.1) is 0 Å². The molecule has 0 amide bonds. The van der Waals surface area contributed by atoms with Gasteiger partial charge in [0.2, 0.25) is 0 Å². The molecule has 2 aromatic rings. The van der Waals surface area contributed by atoms with Crippen LogP contribution in [0.15, 0.2) is 36.4 Å². The molecular formula is C17H15NO6. The van der Waals surface area contributed by atoms with Gasteiger partial charge in [0.15, 0.2) is 6.79 Å². The van der Waals surface area contributed by atoms with Crippen LogP contribution in [-0.4, -0.2) is 17.7 Å². The number of aryl methyl sites for hydroxylation is 1. The van der Waals surface area contributed by atoms with Gasteiger partial charge in [-0.1, -0.05) is 17.7 Å². The maximum absolute atomic E-state index is 12.1. The first-order chi connectivity index (χ1) is 11.5. The van der Waals surface area contributed by atoms with Crippen molar-refractivity contribution in [2.24, 2.45) is 0 Å². The number of nitro benzene ring substituents is 1. The first-order valence-corrected chi connectivity index (χ1v) is 7.29. The van der Waals surface area contributed by atoms with Crippen LogP contribution < -0.4 is 4.74 Å². The van der Waals surface area contributed by atoms with Crippen molar-refractivity contribution in [1.82, 2.24) is 0 Å². The molecule has 7 nitrogen and oxygen atoms in total. The lowest BCUT2D eigenvalue weighted by atomic mass is 10.1. The predicted molar refractivity (Wildman–Crippen MR) is 83.7 cm³/mol. The average Bonchev–Trinajstić information content (AvgIpc) is 2.59. The summed E-state index contributed by atoms with van der Waals surface area (Å²) >= 11 is 0. The highest BCUT2D eigenvalue weighted by atomic mass is 16.7. The van der Waals surface area contributed by atoms with Gasteiger partial charge in [-0.2, -0.15) is 0 Å². The van der Waals surface area contributed by atoms with Gasteiger partial charge in [0, 0.05) is 23.3 Å². The van der Waals surface area contributed by atoms with Gasteiger partial charge in [0.25, 0.3) is 5.69 Å². The molecule has 0 fully saturated rings. The van der Waals surface area contributed by atoms with Gasteiger partial charge in [-0.3, -0.25) is 10.1 Å². The second kappa shape index (κ2) is 6.67. The Morgan fingerprint density at radius 2 is 2.04 bits per heavy atom. The van der Waals surface area contributed by atoms with Crippen LogP contribution in [-0.2, 0) is 22.7 Å². The summed E-state index contributed by atoms with van der Waals surface area (Å²) in [6.07, 6.45) is 0. The lowest BCUT2D eigenvalue weighted by Crippen LogP contribution is -2.15. The number of fused-ring (bicyclic) bond motifs is 1. The van der Waals surface area contributed by atoms with Gasteiger partial charge < -0.3 is 14.2 Å². The molecule has 0 saturated carbocycles. The Bertz CT molecular complexity index is 784. The highest BCUT2D eigenvalue weighted by Crippen LogP contribution is 2.33. The first-order valence-electron chi connectivity index (χ1n) is 7.29. The maximum Gasteiger partial charge on any atom is 0.338 e. The summed E-state index contributed by atoms with van der Waals surface area (Å²) in [5.41, 5.74) is 2.38. The minimum atomic E-state index is -0.500. The number of rotatable bonds is 4. The quantitative estimate of drug-likeness (QED) is 0.486. The van der Waals surface area contributed by atoms with Crippen LogP contribution in [0.5, 0.6) is 5.75 Å². The van der Waals surface area contributed by atoms with Crippen LogP contribution in [0.4, 0.5) is 5.69 Å². The van der Waals surface area contributed by atoms with E-state index in [1.807, 2.05) is 19.1 Å².